The maximum absolute atomic E-state index is 6.66. The second kappa shape index (κ2) is 5.26. The molecule has 1 saturated heterocycles. The van der Waals surface area contributed by atoms with Crippen LogP contribution in [0.15, 0.2) is 30.5 Å². The van der Waals surface area contributed by atoms with E-state index in [1.54, 1.807) is 6.20 Å². The molecule has 6 heteroatoms. The van der Waals surface area contributed by atoms with Gasteiger partial charge in [-0.3, -0.25) is 0 Å². The van der Waals surface area contributed by atoms with Crippen molar-refractivity contribution in [3.63, 3.8) is 0 Å². The van der Waals surface area contributed by atoms with E-state index in [1.165, 1.54) is 11.1 Å². The summed E-state index contributed by atoms with van der Waals surface area (Å²) in [7, 11) is 0. The van der Waals surface area contributed by atoms with Gasteiger partial charge < -0.3 is 15.6 Å². The smallest absolute Gasteiger partial charge is 0.206 e. The number of imidazole rings is 1. The molecule has 5 rings (SSSR count). The number of piperidine rings is 1. The van der Waals surface area contributed by atoms with Gasteiger partial charge in [0.25, 0.3) is 0 Å². The third kappa shape index (κ3) is 2.24. The van der Waals surface area contributed by atoms with Gasteiger partial charge in [-0.15, -0.1) is 0 Å². The second-order valence-electron chi connectivity index (χ2n) is 7.45. The predicted molar refractivity (Wildman–Crippen MR) is 97.4 cm³/mol. The molecule has 6 nitrogen and oxygen atoms in total. The highest BCUT2D eigenvalue weighted by molar-refractivity contribution is 5.69. The van der Waals surface area contributed by atoms with E-state index in [2.05, 4.69) is 49.1 Å². The number of nitrogens with two attached hydrogens (primary N) is 1. The molecule has 0 bridgehead atoms. The molecule has 1 aromatic carbocycles. The number of nitrogens with one attached hydrogen (secondary N) is 1. The van der Waals surface area contributed by atoms with Crippen LogP contribution in [0, 0.1) is 12.3 Å². The van der Waals surface area contributed by atoms with Gasteiger partial charge in [-0.1, -0.05) is 24.3 Å². The topological polar surface area (TPSA) is 83.7 Å². The SMILES string of the molecule is Cc1cnc2nc(N3CCC4(CC3)Cc3ccccc3C4N)[nH]c2n1. The Labute approximate surface area is 146 Å². The quantitative estimate of drug-likeness (QED) is 0.714. The Kier molecular flexibility index (Phi) is 3.12. The first-order chi connectivity index (χ1) is 12.1. The highest BCUT2D eigenvalue weighted by Gasteiger charge is 2.46. The van der Waals surface area contributed by atoms with Gasteiger partial charge in [0.1, 0.15) is 0 Å². The zero-order valence-corrected chi connectivity index (χ0v) is 14.4. The van der Waals surface area contributed by atoms with Crippen molar-refractivity contribution in [3.8, 4) is 0 Å². The minimum absolute atomic E-state index is 0.146. The predicted octanol–water partition coefficient (Wildman–Crippen LogP) is 2.50. The third-order valence-electron chi connectivity index (χ3n) is 5.97. The van der Waals surface area contributed by atoms with E-state index >= 15 is 0 Å². The van der Waals surface area contributed by atoms with Crippen LogP contribution in [0.2, 0.25) is 0 Å². The fraction of sp³-hybridized carbons (Fsp3) is 0.421. The monoisotopic (exact) mass is 334 g/mol. The van der Waals surface area contributed by atoms with Gasteiger partial charge in [0, 0.05) is 19.1 Å². The van der Waals surface area contributed by atoms with Crippen molar-refractivity contribution < 1.29 is 0 Å². The molecule has 1 atom stereocenters. The lowest BCUT2D eigenvalue weighted by atomic mass is 9.73. The Morgan fingerprint density at radius 3 is 2.80 bits per heavy atom. The maximum Gasteiger partial charge on any atom is 0.206 e. The number of fused-ring (bicyclic) bond motifs is 2. The lowest BCUT2D eigenvalue weighted by molar-refractivity contribution is 0.187. The van der Waals surface area contributed by atoms with Crippen LogP contribution in [0.3, 0.4) is 0 Å². The summed E-state index contributed by atoms with van der Waals surface area (Å²) < 4.78 is 0. The van der Waals surface area contributed by atoms with Crippen LogP contribution in [0.4, 0.5) is 5.95 Å². The molecule has 1 aliphatic carbocycles. The van der Waals surface area contributed by atoms with Gasteiger partial charge in [-0.05, 0) is 42.7 Å². The molecule has 3 heterocycles. The van der Waals surface area contributed by atoms with E-state index < -0.39 is 0 Å². The average molecular weight is 334 g/mol. The van der Waals surface area contributed by atoms with Crippen LogP contribution in [0.25, 0.3) is 11.3 Å². The number of H-pyrrole nitrogens is 1. The molecular formula is C19H22N6. The van der Waals surface area contributed by atoms with E-state index in [0.29, 0.717) is 5.65 Å². The first-order valence-electron chi connectivity index (χ1n) is 8.92. The van der Waals surface area contributed by atoms with Gasteiger partial charge in [0.2, 0.25) is 5.95 Å². The largest absolute Gasteiger partial charge is 0.342 e. The lowest BCUT2D eigenvalue weighted by Crippen LogP contribution is -2.44. The number of aromatic amines is 1. The minimum Gasteiger partial charge on any atom is -0.342 e. The molecule has 0 saturated carbocycles. The molecule has 2 aliphatic rings. The summed E-state index contributed by atoms with van der Waals surface area (Å²) in [6.45, 7) is 3.86. The first kappa shape index (κ1) is 14.8. The molecule has 128 valence electrons. The molecule has 0 radical (unpaired) electrons. The highest BCUT2D eigenvalue weighted by Crippen LogP contribution is 2.50. The summed E-state index contributed by atoms with van der Waals surface area (Å²) in [5, 5.41) is 0. The second-order valence-corrected chi connectivity index (χ2v) is 7.45. The number of rotatable bonds is 1. The fourth-order valence-corrected chi connectivity index (χ4v) is 4.49. The number of aromatic nitrogens is 4. The number of hydrogen-bond acceptors (Lipinski definition) is 5. The zero-order valence-electron chi connectivity index (χ0n) is 14.4. The summed E-state index contributed by atoms with van der Waals surface area (Å²) in [6, 6.07) is 8.79. The van der Waals surface area contributed by atoms with E-state index in [0.717, 1.165) is 49.6 Å². The molecule has 0 amide bonds. The van der Waals surface area contributed by atoms with Crippen molar-refractivity contribution in [2.24, 2.45) is 11.1 Å². The van der Waals surface area contributed by atoms with Crippen molar-refractivity contribution in [1.82, 2.24) is 19.9 Å². The Bertz CT molecular complexity index is 938. The normalized spacial score (nSPS) is 21.8. The number of hydrogen-bond donors (Lipinski definition) is 2. The Morgan fingerprint density at radius 1 is 1.20 bits per heavy atom. The molecule has 1 fully saturated rings. The van der Waals surface area contributed by atoms with E-state index in [4.69, 9.17) is 5.73 Å². The molecular weight excluding hydrogens is 312 g/mol. The van der Waals surface area contributed by atoms with Gasteiger partial charge >= 0.3 is 0 Å². The van der Waals surface area contributed by atoms with Crippen LogP contribution in [0.1, 0.15) is 35.7 Å². The number of nitrogens with zero attached hydrogens (tertiary/aromatic N) is 4. The number of benzene rings is 1. The van der Waals surface area contributed by atoms with Crippen molar-refractivity contribution in [3.05, 3.63) is 47.3 Å². The van der Waals surface area contributed by atoms with Crippen molar-refractivity contribution in [2.75, 3.05) is 18.0 Å². The lowest BCUT2D eigenvalue weighted by Gasteiger charge is -2.42. The molecule has 3 N–H and O–H groups in total. The number of anilines is 1. The summed E-state index contributed by atoms with van der Waals surface area (Å²) in [4.78, 5) is 19.1. The Hall–Kier alpha value is -2.47. The summed E-state index contributed by atoms with van der Waals surface area (Å²) in [6.07, 6.45) is 5.02. The third-order valence-corrected chi connectivity index (χ3v) is 5.97. The zero-order chi connectivity index (χ0) is 17.0. The van der Waals surface area contributed by atoms with Crippen LogP contribution in [-0.4, -0.2) is 33.0 Å². The minimum atomic E-state index is 0.146. The summed E-state index contributed by atoms with van der Waals surface area (Å²) in [5.41, 5.74) is 12.0. The van der Waals surface area contributed by atoms with E-state index in [9.17, 15) is 0 Å². The molecule has 3 aromatic rings. The summed E-state index contributed by atoms with van der Waals surface area (Å²) in [5.74, 6) is 0.875. The Balaban J connectivity index is 1.38. The van der Waals surface area contributed by atoms with Gasteiger partial charge in [-0.25, -0.2) is 9.97 Å². The number of aryl methyl sites for hydroxylation is 1. The van der Waals surface area contributed by atoms with E-state index in [-0.39, 0.29) is 11.5 Å². The first-order valence-corrected chi connectivity index (χ1v) is 8.92. The van der Waals surface area contributed by atoms with Crippen molar-refractivity contribution in [2.45, 2.75) is 32.2 Å². The van der Waals surface area contributed by atoms with Crippen LogP contribution >= 0.6 is 0 Å². The highest BCUT2D eigenvalue weighted by atomic mass is 15.3. The van der Waals surface area contributed by atoms with Gasteiger partial charge in [0.15, 0.2) is 11.3 Å². The van der Waals surface area contributed by atoms with Crippen LogP contribution in [-0.2, 0) is 6.42 Å². The molecule has 1 unspecified atom stereocenters. The van der Waals surface area contributed by atoms with E-state index in [1.807, 2.05) is 6.92 Å². The summed E-state index contributed by atoms with van der Waals surface area (Å²) >= 11 is 0. The van der Waals surface area contributed by atoms with Crippen LogP contribution in [0.5, 0.6) is 0 Å². The molecule has 1 aliphatic heterocycles. The van der Waals surface area contributed by atoms with Crippen molar-refractivity contribution in [1.29, 1.82) is 0 Å². The average Bonchev–Trinajstić information content (AvgIpc) is 3.16. The fourth-order valence-electron chi connectivity index (χ4n) is 4.49. The van der Waals surface area contributed by atoms with Crippen LogP contribution < -0.4 is 10.6 Å². The molecule has 1 spiro atoms. The Morgan fingerprint density at radius 2 is 2.00 bits per heavy atom. The van der Waals surface area contributed by atoms with Gasteiger partial charge in [-0.2, -0.15) is 4.98 Å². The standard InChI is InChI=1S/C19H22N6/c1-12-11-21-16-17(22-12)24-18(23-16)25-8-6-19(7-9-25)10-13-4-2-3-5-14(13)15(19)20/h2-5,11,15H,6-10,20H2,1H3,(H,21,22,23,24). The maximum atomic E-state index is 6.66. The van der Waals surface area contributed by atoms with Crippen molar-refractivity contribution >= 4 is 17.2 Å². The van der Waals surface area contributed by atoms with Gasteiger partial charge in [0.05, 0.1) is 11.9 Å². The molecule has 2 aromatic heterocycles. The molecule has 25 heavy (non-hydrogen) atoms.